The van der Waals surface area contributed by atoms with Crippen LogP contribution in [-0.2, 0) is 0 Å². The zero-order chi connectivity index (χ0) is 7.72. The molecule has 54 valence electrons. The number of nitrogen functional groups attached to an aromatic ring is 1. The molecule has 0 unspecified atom stereocenters. The molecule has 0 radical (unpaired) electrons. The molecule has 0 fully saturated rings. The monoisotopic (exact) mass is 206 g/mol. The molecule has 0 bridgehead atoms. The van der Waals surface area contributed by atoms with Gasteiger partial charge in [-0.15, -0.1) is 0 Å². The molecule has 0 aromatic carbocycles. The fourth-order valence-corrected chi connectivity index (χ4v) is 0.826. The van der Waals surface area contributed by atoms with Gasteiger partial charge in [0.15, 0.2) is 5.82 Å². The maximum atomic E-state index is 12.6. The van der Waals surface area contributed by atoms with Gasteiger partial charge in [-0.3, -0.25) is 4.79 Å². The normalized spacial score (nSPS) is 9.80. The van der Waals surface area contributed by atoms with E-state index in [1.54, 1.807) is 0 Å². The van der Waals surface area contributed by atoms with Gasteiger partial charge in [0.05, 0.1) is 4.47 Å². The molecular weight excluding hydrogens is 203 g/mol. The van der Waals surface area contributed by atoms with Gasteiger partial charge in [0.1, 0.15) is 5.69 Å². The van der Waals surface area contributed by atoms with Crippen LogP contribution >= 0.6 is 15.9 Å². The number of nitrogens with one attached hydrogen (secondary N) is 1. The minimum atomic E-state index is -0.719. The number of anilines is 1. The zero-order valence-corrected chi connectivity index (χ0v) is 6.40. The molecule has 0 amide bonds. The fraction of sp³-hybridized carbons (Fsp3) is 0. The van der Waals surface area contributed by atoms with Gasteiger partial charge in [0.2, 0.25) is 0 Å². The topological polar surface area (TPSA) is 58.9 Å². The molecule has 3 nitrogen and oxygen atoms in total. The second-order valence-electron chi connectivity index (χ2n) is 1.69. The van der Waals surface area contributed by atoms with Crippen molar-refractivity contribution in [1.82, 2.24) is 4.98 Å². The second kappa shape index (κ2) is 2.42. The Bertz CT molecular complexity index is 309. The number of H-pyrrole nitrogens is 1. The Kier molecular flexibility index (Phi) is 1.76. The van der Waals surface area contributed by atoms with Crippen LogP contribution in [0.5, 0.6) is 0 Å². The van der Waals surface area contributed by atoms with Crippen LogP contribution in [0.25, 0.3) is 0 Å². The first-order valence-corrected chi connectivity index (χ1v) is 3.24. The van der Waals surface area contributed by atoms with E-state index in [9.17, 15) is 9.18 Å². The largest absolute Gasteiger partial charge is 0.392 e. The summed E-state index contributed by atoms with van der Waals surface area (Å²) in [7, 11) is 0. The number of halogens is 2. The molecule has 0 aliphatic rings. The third-order valence-electron chi connectivity index (χ3n) is 1.02. The first-order valence-electron chi connectivity index (χ1n) is 2.45. The number of hydrogen-bond donors (Lipinski definition) is 2. The lowest BCUT2D eigenvalue weighted by molar-refractivity contribution is 0.622. The Morgan fingerprint density at radius 2 is 2.30 bits per heavy atom. The Hall–Kier alpha value is -0.840. The lowest BCUT2D eigenvalue weighted by atomic mass is 10.4. The summed E-state index contributed by atoms with van der Waals surface area (Å²) in [6.45, 7) is 0. The molecule has 1 aromatic heterocycles. The van der Waals surface area contributed by atoms with Crippen LogP contribution in [0.15, 0.2) is 15.5 Å². The van der Waals surface area contributed by atoms with Gasteiger partial charge < -0.3 is 10.7 Å². The van der Waals surface area contributed by atoms with Crippen molar-refractivity contribution in [2.45, 2.75) is 0 Å². The van der Waals surface area contributed by atoms with E-state index in [0.29, 0.717) is 0 Å². The van der Waals surface area contributed by atoms with E-state index in [-0.39, 0.29) is 4.47 Å². The van der Waals surface area contributed by atoms with Crippen molar-refractivity contribution in [2.75, 3.05) is 5.73 Å². The summed E-state index contributed by atoms with van der Waals surface area (Å²) in [4.78, 5) is 12.8. The molecule has 0 aliphatic carbocycles. The highest BCUT2D eigenvalue weighted by molar-refractivity contribution is 9.10. The van der Waals surface area contributed by atoms with Gasteiger partial charge in [0.25, 0.3) is 5.56 Å². The Balaban J connectivity index is 3.49. The first-order chi connectivity index (χ1) is 4.63. The van der Waals surface area contributed by atoms with E-state index in [2.05, 4.69) is 20.9 Å². The Labute approximate surface area is 64.2 Å². The molecule has 0 aliphatic heterocycles. The van der Waals surface area contributed by atoms with Crippen LogP contribution in [0.1, 0.15) is 0 Å². The molecule has 0 atom stereocenters. The molecule has 3 N–H and O–H groups in total. The fourth-order valence-electron chi connectivity index (χ4n) is 0.498. The van der Waals surface area contributed by atoms with E-state index < -0.39 is 17.1 Å². The van der Waals surface area contributed by atoms with Crippen LogP contribution in [0.2, 0.25) is 0 Å². The Morgan fingerprint density at radius 3 is 2.80 bits per heavy atom. The maximum absolute atomic E-state index is 12.6. The number of rotatable bonds is 0. The smallest absolute Gasteiger partial charge is 0.274 e. The van der Waals surface area contributed by atoms with Gasteiger partial charge >= 0.3 is 0 Å². The number of aromatic amines is 1. The highest BCUT2D eigenvalue weighted by atomic mass is 79.9. The standard InChI is InChI=1S/C5H4BrFN2O/c6-2-1-9-5(10)4(8)3(2)7/h1H,8H2,(H,9,10). The van der Waals surface area contributed by atoms with Crippen molar-refractivity contribution in [1.29, 1.82) is 0 Å². The van der Waals surface area contributed by atoms with Crippen molar-refractivity contribution in [3.63, 3.8) is 0 Å². The third-order valence-corrected chi connectivity index (χ3v) is 1.60. The summed E-state index contributed by atoms with van der Waals surface area (Å²) in [5.74, 6) is -0.719. The van der Waals surface area contributed by atoms with Crippen LogP contribution in [0.4, 0.5) is 10.1 Å². The third kappa shape index (κ3) is 1.04. The van der Waals surface area contributed by atoms with Crippen LogP contribution in [0, 0.1) is 5.82 Å². The number of nitrogens with two attached hydrogens (primary N) is 1. The summed E-state index contributed by atoms with van der Waals surface area (Å²) in [6.07, 6.45) is 1.20. The lowest BCUT2D eigenvalue weighted by Gasteiger charge is -1.94. The minimum absolute atomic E-state index is 0.157. The van der Waals surface area contributed by atoms with Gasteiger partial charge in [0, 0.05) is 6.20 Å². The highest BCUT2D eigenvalue weighted by Crippen LogP contribution is 2.14. The predicted molar refractivity (Wildman–Crippen MR) is 39.1 cm³/mol. The summed E-state index contributed by atoms with van der Waals surface area (Å²) in [5, 5.41) is 0. The van der Waals surface area contributed by atoms with Crippen molar-refractivity contribution in [3.8, 4) is 0 Å². The molecule has 1 heterocycles. The average Bonchev–Trinajstić information content (AvgIpc) is 1.93. The van der Waals surface area contributed by atoms with Gasteiger partial charge in [-0.2, -0.15) is 0 Å². The summed E-state index contributed by atoms with van der Waals surface area (Å²) >= 11 is 2.86. The van der Waals surface area contributed by atoms with E-state index in [4.69, 9.17) is 5.73 Å². The molecule has 10 heavy (non-hydrogen) atoms. The maximum Gasteiger partial charge on any atom is 0.274 e. The summed E-state index contributed by atoms with van der Waals surface area (Å²) in [6, 6.07) is 0. The van der Waals surface area contributed by atoms with Gasteiger partial charge in [-0.1, -0.05) is 0 Å². The Morgan fingerprint density at radius 1 is 1.70 bits per heavy atom. The summed E-state index contributed by atoms with van der Waals surface area (Å²) < 4.78 is 12.8. The number of aromatic nitrogens is 1. The zero-order valence-electron chi connectivity index (χ0n) is 4.82. The molecule has 1 rings (SSSR count). The first kappa shape index (κ1) is 7.27. The van der Waals surface area contributed by atoms with E-state index >= 15 is 0 Å². The predicted octanol–water partition coefficient (Wildman–Crippen LogP) is 0.859. The van der Waals surface area contributed by atoms with Crippen molar-refractivity contribution in [3.05, 3.63) is 26.8 Å². The second-order valence-corrected chi connectivity index (χ2v) is 2.55. The minimum Gasteiger partial charge on any atom is -0.392 e. The van der Waals surface area contributed by atoms with Gasteiger partial charge in [-0.25, -0.2) is 4.39 Å². The van der Waals surface area contributed by atoms with Gasteiger partial charge in [-0.05, 0) is 15.9 Å². The van der Waals surface area contributed by atoms with Crippen LogP contribution in [0.3, 0.4) is 0 Å². The highest BCUT2D eigenvalue weighted by Gasteiger charge is 2.05. The molecule has 0 spiro atoms. The van der Waals surface area contributed by atoms with Crippen molar-refractivity contribution in [2.24, 2.45) is 0 Å². The average molecular weight is 207 g/mol. The quantitative estimate of drug-likeness (QED) is 0.662. The molecule has 0 saturated carbocycles. The van der Waals surface area contributed by atoms with E-state index in [1.807, 2.05) is 0 Å². The molecule has 0 saturated heterocycles. The number of hydrogen-bond acceptors (Lipinski definition) is 2. The summed E-state index contributed by atoms with van der Waals surface area (Å²) in [5.41, 5.74) is 4.03. The molecule has 1 aromatic rings. The molecule has 5 heteroatoms. The van der Waals surface area contributed by atoms with E-state index in [0.717, 1.165) is 0 Å². The van der Waals surface area contributed by atoms with Crippen molar-refractivity contribution >= 4 is 21.6 Å². The molecular formula is C5H4BrFN2O. The van der Waals surface area contributed by atoms with E-state index in [1.165, 1.54) is 6.20 Å². The van der Waals surface area contributed by atoms with Crippen LogP contribution < -0.4 is 11.3 Å². The SMILES string of the molecule is Nc1c(F)c(Br)c[nH]c1=O. The lowest BCUT2D eigenvalue weighted by Crippen LogP contribution is -2.13. The van der Waals surface area contributed by atoms with Crippen LogP contribution in [-0.4, -0.2) is 4.98 Å². The van der Waals surface area contributed by atoms with Crippen molar-refractivity contribution < 1.29 is 4.39 Å². The number of pyridine rings is 1.